The van der Waals surface area contributed by atoms with E-state index in [1.807, 2.05) is 0 Å². The van der Waals surface area contributed by atoms with Crippen LogP contribution in [0.15, 0.2) is 6.20 Å². The van der Waals surface area contributed by atoms with Gasteiger partial charge in [-0.3, -0.25) is 4.40 Å². The highest BCUT2D eigenvalue weighted by atomic mass is 16.4. The number of fused-ring (bicyclic) bond motifs is 1. The molecule has 0 radical (unpaired) electrons. The van der Waals surface area contributed by atoms with Crippen LogP contribution >= 0.6 is 0 Å². The van der Waals surface area contributed by atoms with Crippen LogP contribution in [0, 0.1) is 0 Å². The van der Waals surface area contributed by atoms with Crippen LogP contribution in [0.4, 0.5) is 0 Å². The molecular formula is C8H7BN2O5. The number of carboxylic acid groups (broad SMARTS) is 1. The molecule has 0 aliphatic rings. The number of hydrogen-bond donors (Lipinski definition) is 4. The first-order valence-electron chi connectivity index (χ1n) is 4.29. The Morgan fingerprint density at radius 2 is 1.94 bits per heavy atom. The number of rotatable bonds is 1. The van der Waals surface area contributed by atoms with E-state index in [1.54, 1.807) is 0 Å². The van der Waals surface area contributed by atoms with Gasteiger partial charge in [-0.1, -0.05) is 0 Å². The molecule has 4 N–H and O–H groups in total. The number of carbonyl (C=O) groups is 1. The van der Waals surface area contributed by atoms with Crippen LogP contribution < -0.4 is 5.46 Å². The highest BCUT2D eigenvalue weighted by Crippen LogP contribution is 2.31. The Kier molecular flexibility index (Phi) is 1.94. The first kappa shape index (κ1) is 10.2. The molecule has 0 aliphatic carbocycles. The lowest BCUT2D eigenvalue weighted by Gasteiger charge is -2.08. The van der Waals surface area contributed by atoms with E-state index in [0.717, 1.165) is 10.6 Å². The Morgan fingerprint density at radius 1 is 1.31 bits per heavy atom. The van der Waals surface area contributed by atoms with Crippen molar-refractivity contribution in [1.29, 1.82) is 0 Å². The van der Waals surface area contributed by atoms with Crippen LogP contribution in [0.25, 0.3) is 5.65 Å². The van der Waals surface area contributed by atoms with Crippen LogP contribution in [0.2, 0.25) is 0 Å². The third-order valence-electron chi connectivity index (χ3n) is 2.32. The van der Waals surface area contributed by atoms with Crippen LogP contribution in [0.1, 0.15) is 10.5 Å². The molecule has 2 aromatic rings. The average Bonchev–Trinajstić information content (AvgIpc) is 2.67. The maximum atomic E-state index is 10.8. The summed E-state index contributed by atoms with van der Waals surface area (Å²) in [6.45, 7) is 0. The molecule has 8 heteroatoms. The van der Waals surface area contributed by atoms with Crippen molar-refractivity contribution in [2.24, 2.45) is 0 Å². The van der Waals surface area contributed by atoms with E-state index < -0.39 is 23.3 Å². The molecule has 0 bridgehead atoms. The van der Waals surface area contributed by atoms with Crippen molar-refractivity contribution in [1.82, 2.24) is 9.38 Å². The normalized spacial score (nSPS) is 10.8. The summed E-state index contributed by atoms with van der Waals surface area (Å²) in [5.41, 5.74) is -0.533. The minimum Gasteiger partial charge on any atom is -0.504 e. The van der Waals surface area contributed by atoms with Crippen molar-refractivity contribution < 1.29 is 25.2 Å². The van der Waals surface area contributed by atoms with E-state index in [0.29, 0.717) is 0 Å². The van der Waals surface area contributed by atoms with Gasteiger partial charge in [0, 0.05) is 5.46 Å². The number of aromatic carboxylic acids is 1. The van der Waals surface area contributed by atoms with E-state index in [-0.39, 0.29) is 16.8 Å². The molecular weight excluding hydrogens is 215 g/mol. The van der Waals surface area contributed by atoms with Gasteiger partial charge in [-0.25, -0.2) is 9.78 Å². The van der Waals surface area contributed by atoms with Crippen molar-refractivity contribution in [3.63, 3.8) is 0 Å². The topological polar surface area (TPSA) is 115 Å². The Bertz CT molecular complexity index is 606. The summed E-state index contributed by atoms with van der Waals surface area (Å²) in [6.07, 6.45) is 0.982. The molecule has 82 valence electrons. The molecule has 0 saturated carbocycles. The van der Waals surface area contributed by atoms with Crippen LogP contribution in [0.3, 0.4) is 0 Å². The summed E-state index contributed by atoms with van der Waals surface area (Å²) in [7, 11) is 1.34. The standard InChI is InChI=1S/C8H7BN2O5/c9-3-4(12)5(13)6-10-1-2(8(15)16)11(6)7(3)14/h1,12-14H,9H2,(H,15,16). The third-order valence-corrected chi connectivity index (χ3v) is 2.32. The van der Waals surface area contributed by atoms with Gasteiger partial charge in [-0.05, 0) is 0 Å². The molecule has 7 nitrogen and oxygen atoms in total. The molecule has 0 atom stereocenters. The predicted octanol–water partition coefficient (Wildman–Crippen LogP) is -1.59. The molecule has 2 rings (SSSR count). The quantitative estimate of drug-likeness (QED) is 0.432. The molecule has 0 saturated heterocycles. The van der Waals surface area contributed by atoms with Crippen molar-refractivity contribution in [3.05, 3.63) is 11.9 Å². The average molecular weight is 222 g/mol. The molecule has 0 aromatic carbocycles. The first-order valence-corrected chi connectivity index (χ1v) is 4.29. The van der Waals surface area contributed by atoms with Gasteiger partial charge in [0.15, 0.2) is 30.8 Å². The number of aromatic nitrogens is 2. The fourth-order valence-corrected chi connectivity index (χ4v) is 1.44. The SMILES string of the molecule is Bc1c(O)c(O)c2ncc(C(=O)O)n2c1O. The Morgan fingerprint density at radius 3 is 2.50 bits per heavy atom. The zero-order chi connectivity index (χ0) is 12.0. The lowest BCUT2D eigenvalue weighted by atomic mass is 9.96. The molecule has 0 unspecified atom stereocenters. The number of aromatic hydroxyl groups is 3. The molecule has 0 aliphatic heterocycles. The van der Waals surface area contributed by atoms with Gasteiger partial charge < -0.3 is 20.4 Å². The van der Waals surface area contributed by atoms with E-state index in [1.165, 1.54) is 7.85 Å². The van der Waals surface area contributed by atoms with Gasteiger partial charge in [0.25, 0.3) is 0 Å². The molecule has 16 heavy (non-hydrogen) atoms. The monoisotopic (exact) mass is 222 g/mol. The Hall–Kier alpha value is -2.38. The third kappa shape index (κ3) is 1.09. The second-order valence-corrected chi connectivity index (χ2v) is 3.25. The van der Waals surface area contributed by atoms with Gasteiger partial charge in [-0.15, -0.1) is 0 Å². The maximum Gasteiger partial charge on any atom is 0.354 e. The van der Waals surface area contributed by atoms with Gasteiger partial charge in [0.1, 0.15) is 0 Å². The molecule has 0 amide bonds. The van der Waals surface area contributed by atoms with E-state index in [2.05, 4.69) is 4.98 Å². The number of imidazole rings is 1. The van der Waals surface area contributed by atoms with Gasteiger partial charge in [0.05, 0.1) is 6.20 Å². The predicted molar refractivity (Wildman–Crippen MR) is 55.3 cm³/mol. The lowest BCUT2D eigenvalue weighted by Crippen LogP contribution is -2.11. The van der Waals surface area contributed by atoms with Crippen molar-refractivity contribution in [2.75, 3.05) is 0 Å². The van der Waals surface area contributed by atoms with Crippen molar-refractivity contribution in [2.45, 2.75) is 0 Å². The zero-order valence-corrected chi connectivity index (χ0v) is 8.17. The van der Waals surface area contributed by atoms with E-state index in [4.69, 9.17) is 5.11 Å². The highest BCUT2D eigenvalue weighted by molar-refractivity contribution is 6.36. The number of nitrogens with zero attached hydrogens (tertiary/aromatic N) is 2. The van der Waals surface area contributed by atoms with Gasteiger partial charge >= 0.3 is 5.97 Å². The molecule has 0 spiro atoms. The van der Waals surface area contributed by atoms with Crippen LogP contribution in [-0.2, 0) is 0 Å². The molecule has 2 heterocycles. The molecule has 2 aromatic heterocycles. The van der Waals surface area contributed by atoms with Gasteiger partial charge in [-0.2, -0.15) is 0 Å². The summed E-state index contributed by atoms with van der Waals surface area (Å²) in [5, 5.41) is 37.4. The fraction of sp³-hybridized carbons (Fsp3) is 0. The second-order valence-electron chi connectivity index (χ2n) is 3.25. The number of pyridine rings is 1. The van der Waals surface area contributed by atoms with Crippen LogP contribution in [0.5, 0.6) is 17.4 Å². The van der Waals surface area contributed by atoms with E-state index >= 15 is 0 Å². The Labute approximate surface area is 89.6 Å². The minimum absolute atomic E-state index is 0.0227. The second kappa shape index (κ2) is 3.06. The summed E-state index contributed by atoms with van der Waals surface area (Å²) in [5.74, 6) is -2.86. The fourth-order valence-electron chi connectivity index (χ4n) is 1.44. The van der Waals surface area contributed by atoms with Crippen molar-refractivity contribution >= 4 is 24.9 Å². The smallest absolute Gasteiger partial charge is 0.354 e. The minimum atomic E-state index is -1.30. The van der Waals surface area contributed by atoms with Crippen molar-refractivity contribution in [3.8, 4) is 17.4 Å². The lowest BCUT2D eigenvalue weighted by molar-refractivity contribution is 0.0688. The Balaban J connectivity index is 3.00. The zero-order valence-electron chi connectivity index (χ0n) is 8.17. The van der Waals surface area contributed by atoms with Gasteiger partial charge in [0.2, 0.25) is 5.75 Å². The summed E-state index contributed by atoms with van der Waals surface area (Å²) < 4.78 is 0.854. The summed E-state index contributed by atoms with van der Waals surface area (Å²) in [6, 6.07) is 0. The first-order chi connectivity index (χ1) is 7.45. The summed E-state index contributed by atoms with van der Waals surface area (Å²) in [4.78, 5) is 14.4. The summed E-state index contributed by atoms with van der Waals surface area (Å²) >= 11 is 0. The van der Waals surface area contributed by atoms with E-state index in [9.17, 15) is 20.1 Å². The number of carboxylic acids is 1. The molecule has 0 fully saturated rings. The number of hydrogen-bond acceptors (Lipinski definition) is 5. The highest BCUT2D eigenvalue weighted by Gasteiger charge is 2.21. The largest absolute Gasteiger partial charge is 0.504 e. The van der Waals surface area contributed by atoms with Crippen LogP contribution in [-0.4, -0.2) is 43.6 Å². The maximum absolute atomic E-state index is 10.8.